The Balaban J connectivity index is 1.92. The van der Waals surface area contributed by atoms with E-state index in [1.165, 1.54) is 19.1 Å². The summed E-state index contributed by atoms with van der Waals surface area (Å²) < 4.78 is 37.7. The Morgan fingerprint density at radius 1 is 1.04 bits per heavy atom. The molecule has 1 atom stereocenters. The van der Waals surface area contributed by atoms with E-state index in [0.717, 1.165) is 28.9 Å². The number of benzene rings is 2. The zero-order valence-corrected chi connectivity index (χ0v) is 13.4. The molecule has 2 aromatic rings. The van der Waals surface area contributed by atoms with Crippen molar-refractivity contribution in [1.29, 1.82) is 0 Å². The van der Waals surface area contributed by atoms with E-state index in [1.807, 2.05) is 19.1 Å². The maximum atomic E-state index is 12.6. The van der Waals surface area contributed by atoms with Crippen molar-refractivity contribution in [2.24, 2.45) is 0 Å². The van der Waals surface area contributed by atoms with Crippen LogP contribution in [0, 0.1) is 0 Å². The van der Waals surface area contributed by atoms with Crippen LogP contribution in [-0.4, -0.2) is 5.91 Å². The van der Waals surface area contributed by atoms with Crippen LogP contribution in [0.2, 0.25) is 0 Å². The minimum atomic E-state index is -4.31. The highest BCUT2D eigenvalue weighted by atomic mass is 19.4. The van der Waals surface area contributed by atoms with E-state index in [4.69, 9.17) is 0 Å². The fourth-order valence-corrected chi connectivity index (χ4v) is 2.26. The van der Waals surface area contributed by atoms with Gasteiger partial charge in [0.2, 0.25) is 5.91 Å². The van der Waals surface area contributed by atoms with E-state index in [0.29, 0.717) is 6.54 Å². The zero-order chi connectivity index (χ0) is 17.7. The first-order valence-corrected chi connectivity index (χ1v) is 7.53. The summed E-state index contributed by atoms with van der Waals surface area (Å²) in [5.74, 6) is -0.128. The van der Waals surface area contributed by atoms with Gasteiger partial charge < -0.3 is 10.6 Å². The van der Waals surface area contributed by atoms with Gasteiger partial charge in [-0.15, -0.1) is 0 Å². The fourth-order valence-electron chi connectivity index (χ4n) is 2.26. The number of rotatable bonds is 5. The summed E-state index contributed by atoms with van der Waals surface area (Å²) in [7, 11) is 0. The topological polar surface area (TPSA) is 41.1 Å². The van der Waals surface area contributed by atoms with Gasteiger partial charge in [0.1, 0.15) is 0 Å². The molecule has 0 aliphatic rings. The lowest BCUT2D eigenvalue weighted by atomic mass is 10.1. The molecule has 128 valence electrons. The molecule has 2 N–H and O–H groups in total. The number of alkyl halides is 3. The Kier molecular flexibility index (Phi) is 5.62. The highest BCUT2D eigenvalue weighted by Gasteiger charge is 2.30. The van der Waals surface area contributed by atoms with Crippen molar-refractivity contribution >= 4 is 11.6 Å². The first-order valence-electron chi connectivity index (χ1n) is 7.53. The van der Waals surface area contributed by atoms with Gasteiger partial charge in [0.05, 0.1) is 5.56 Å². The molecule has 0 spiro atoms. The number of carbonyl (C=O) groups excluding carboxylic acids is 1. The monoisotopic (exact) mass is 336 g/mol. The normalized spacial score (nSPS) is 12.7. The molecule has 1 amide bonds. The smallest absolute Gasteiger partial charge is 0.326 e. The largest absolute Gasteiger partial charge is 0.416 e. The predicted molar refractivity (Wildman–Crippen MR) is 87.4 cm³/mol. The minimum absolute atomic E-state index is 0.0812. The average Bonchev–Trinajstić information content (AvgIpc) is 2.52. The molecule has 0 saturated carbocycles. The van der Waals surface area contributed by atoms with Gasteiger partial charge in [0.15, 0.2) is 0 Å². The summed E-state index contributed by atoms with van der Waals surface area (Å²) in [6.07, 6.45) is -4.31. The number of anilines is 1. The molecule has 2 rings (SSSR count). The third kappa shape index (κ3) is 5.09. The molecular formula is C18H19F3N2O. The molecule has 2 aromatic carbocycles. The van der Waals surface area contributed by atoms with Crippen LogP contribution in [0.25, 0.3) is 0 Å². The van der Waals surface area contributed by atoms with Crippen molar-refractivity contribution in [3.63, 3.8) is 0 Å². The van der Waals surface area contributed by atoms with Crippen LogP contribution in [0.5, 0.6) is 0 Å². The van der Waals surface area contributed by atoms with Gasteiger partial charge >= 0.3 is 6.18 Å². The van der Waals surface area contributed by atoms with Crippen LogP contribution < -0.4 is 10.6 Å². The maximum absolute atomic E-state index is 12.6. The van der Waals surface area contributed by atoms with E-state index < -0.39 is 11.7 Å². The number of halogens is 3. The summed E-state index contributed by atoms with van der Waals surface area (Å²) in [5, 5.41) is 5.95. The fraction of sp³-hybridized carbons (Fsp3) is 0.278. The van der Waals surface area contributed by atoms with Crippen molar-refractivity contribution in [3.8, 4) is 0 Å². The Bertz CT molecular complexity index is 679. The van der Waals surface area contributed by atoms with Gasteiger partial charge in [0, 0.05) is 25.2 Å². The van der Waals surface area contributed by atoms with Gasteiger partial charge in [-0.1, -0.05) is 24.3 Å². The third-order valence-electron chi connectivity index (χ3n) is 3.62. The van der Waals surface area contributed by atoms with E-state index in [9.17, 15) is 18.0 Å². The van der Waals surface area contributed by atoms with Crippen LogP contribution in [0.1, 0.15) is 36.6 Å². The molecule has 0 unspecified atom stereocenters. The first-order chi connectivity index (χ1) is 11.3. The van der Waals surface area contributed by atoms with Crippen molar-refractivity contribution in [2.75, 3.05) is 5.32 Å². The molecule has 0 heterocycles. The molecule has 0 radical (unpaired) electrons. The Hall–Kier alpha value is -2.34. The molecule has 0 fully saturated rings. The quantitative estimate of drug-likeness (QED) is 0.843. The van der Waals surface area contributed by atoms with E-state index in [2.05, 4.69) is 10.6 Å². The molecule has 6 heteroatoms. The molecule has 0 aliphatic carbocycles. The summed E-state index contributed by atoms with van der Waals surface area (Å²) in [4.78, 5) is 11.0. The molecular weight excluding hydrogens is 317 g/mol. The van der Waals surface area contributed by atoms with E-state index in [-0.39, 0.29) is 11.9 Å². The second-order valence-electron chi connectivity index (χ2n) is 5.60. The van der Waals surface area contributed by atoms with Crippen molar-refractivity contribution in [1.82, 2.24) is 5.32 Å². The highest BCUT2D eigenvalue weighted by Crippen LogP contribution is 2.29. The summed E-state index contributed by atoms with van der Waals surface area (Å²) in [6.45, 7) is 3.91. The number of hydrogen-bond acceptors (Lipinski definition) is 2. The summed E-state index contributed by atoms with van der Waals surface area (Å²) >= 11 is 0. The number of carbonyl (C=O) groups is 1. The second kappa shape index (κ2) is 7.49. The van der Waals surface area contributed by atoms with Gasteiger partial charge in [-0.05, 0) is 42.3 Å². The second-order valence-corrected chi connectivity index (χ2v) is 5.60. The van der Waals surface area contributed by atoms with Gasteiger partial charge in [-0.25, -0.2) is 0 Å². The molecule has 24 heavy (non-hydrogen) atoms. The van der Waals surface area contributed by atoms with E-state index in [1.54, 1.807) is 12.1 Å². The maximum Gasteiger partial charge on any atom is 0.416 e. The Morgan fingerprint density at radius 3 is 2.12 bits per heavy atom. The van der Waals surface area contributed by atoms with Gasteiger partial charge in [-0.2, -0.15) is 13.2 Å². The standard InChI is InChI=1S/C18H19F3N2O/c1-12(15-5-7-16(8-6-15)18(19,20)21)22-11-14-3-9-17(10-4-14)23-13(2)24/h3-10,12,22H,11H2,1-2H3,(H,23,24)/t12-/m0/s1. The lowest BCUT2D eigenvalue weighted by molar-refractivity contribution is -0.137. The number of nitrogens with one attached hydrogen (secondary N) is 2. The predicted octanol–water partition coefficient (Wildman–Crippen LogP) is 4.51. The van der Waals surface area contributed by atoms with Crippen LogP contribution >= 0.6 is 0 Å². The Labute approximate surface area is 138 Å². The highest BCUT2D eigenvalue weighted by molar-refractivity contribution is 5.88. The third-order valence-corrected chi connectivity index (χ3v) is 3.62. The van der Waals surface area contributed by atoms with Gasteiger partial charge in [-0.3, -0.25) is 4.79 Å². The van der Waals surface area contributed by atoms with Crippen LogP contribution in [0.3, 0.4) is 0 Å². The summed E-state index contributed by atoms with van der Waals surface area (Å²) in [5.41, 5.74) is 1.88. The van der Waals surface area contributed by atoms with Crippen LogP contribution in [-0.2, 0) is 17.5 Å². The first kappa shape index (κ1) is 18.0. The van der Waals surface area contributed by atoms with Crippen LogP contribution in [0.4, 0.5) is 18.9 Å². The molecule has 0 saturated heterocycles. The minimum Gasteiger partial charge on any atom is -0.326 e. The lowest BCUT2D eigenvalue weighted by Crippen LogP contribution is -2.18. The van der Waals surface area contributed by atoms with Crippen LogP contribution in [0.15, 0.2) is 48.5 Å². The zero-order valence-electron chi connectivity index (χ0n) is 13.4. The lowest BCUT2D eigenvalue weighted by Gasteiger charge is -2.15. The molecule has 0 bridgehead atoms. The van der Waals surface area contributed by atoms with Gasteiger partial charge in [0.25, 0.3) is 0 Å². The molecule has 0 aromatic heterocycles. The number of hydrogen-bond donors (Lipinski definition) is 2. The Morgan fingerprint density at radius 2 is 1.62 bits per heavy atom. The molecule has 0 aliphatic heterocycles. The average molecular weight is 336 g/mol. The number of amides is 1. The van der Waals surface area contributed by atoms with Crippen molar-refractivity contribution < 1.29 is 18.0 Å². The molecule has 3 nitrogen and oxygen atoms in total. The van der Waals surface area contributed by atoms with Crippen molar-refractivity contribution in [2.45, 2.75) is 32.6 Å². The van der Waals surface area contributed by atoms with Crippen molar-refractivity contribution in [3.05, 3.63) is 65.2 Å². The summed E-state index contributed by atoms with van der Waals surface area (Å²) in [6, 6.07) is 12.5. The SMILES string of the molecule is CC(=O)Nc1ccc(CN[C@@H](C)c2ccc(C(F)(F)F)cc2)cc1. The van der Waals surface area contributed by atoms with E-state index >= 15 is 0 Å².